The second-order valence-electron chi connectivity index (χ2n) is 6.62. The largest absolute Gasteiger partial charge is 0.337 e. The second-order valence-corrected chi connectivity index (χ2v) is 7.48. The monoisotopic (exact) mass is 367 g/mol. The summed E-state index contributed by atoms with van der Waals surface area (Å²) in [5.74, 6) is 2.14. The quantitative estimate of drug-likeness (QED) is 0.712. The molecule has 0 saturated carbocycles. The summed E-state index contributed by atoms with van der Waals surface area (Å²) in [6.45, 7) is 5.36. The zero-order valence-electron chi connectivity index (χ0n) is 14.9. The number of amides is 1. The van der Waals surface area contributed by atoms with E-state index in [-0.39, 0.29) is 11.8 Å². The van der Waals surface area contributed by atoms with Gasteiger partial charge in [0.05, 0.1) is 11.2 Å². The number of likely N-dealkylation sites (tertiary alicyclic amines) is 1. The van der Waals surface area contributed by atoms with Gasteiger partial charge < -0.3 is 4.90 Å². The van der Waals surface area contributed by atoms with Crippen LogP contribution in [0.2, 0.25) is 0 Å². The van der Waals surface area contributed by atoms with Gasteiger partial charge in [-0.05, 0) is 38.8 Å². The fraction of sp³-hybridized carbons (Fsp3) is 0.368. The van der Waals surface area contributed by atoms with Crippen LogP contribution in [0.3, 0.4) is 0 Å². The molecule has 3 aromatic rings. The highest BCUT2D eigenvalue weighted by molar-refractivity contribution is 7.11. The predicted molar refractivity (Wildman–Crippen MR) is 101 cm³/mol. The van der Waals surface area contributed by atoms with Crippen molar-refractivity contribution in [3.05, 3.63) is 58.2 Å². The summed E-state index contributed by atoms with van der Waals surface area (Å²) >= 11 is 1.42. The molecule has 0 spiro atoms. The van der Waals surface area contributed by atoms with Gasteiger partial charge in [0.25, 0.3) is 5.91 Å². The molecule has 0 bridgehead atoms. The number of hydrogen-bond acceptors (Lipinski definition) is 5. The number of aryl methyl sites for hydroxylation is 2. The smallest absolute Gasteiger partial charge is 0.265 e. The maximum absolute atomic E-state index is 12.8. The van der Waals surface area contributed by atoms with Crippen molar-refractivity contribution in [1.82, 2.24) is 24.4 Å². The molecular formula is C19H21N5OS. The first-order valence-corrected chi connectivity index (χ1v) is 9.68. The van der Waals surface area contributed by atoms with Crippen molar-refractivity contribution in [2.75, 3.05) is 13.1 Å². The van der Waals surface area contributed by atoms with Crippen molar-refractivity contribution in [3.8, 4) is 5.82 Å². The summed E-state index contributed by atoms with van der Waals surface area (Å²) in [6.07, 6.45) is 5.74. The summed E-state index contributed by atoms with van der Waals surface area (Å²) in [5, 5.41) is 0. The molecule has 0 N–H and O–H groups in total. The van der Waals surface area contributed by atoms with E-state index >= 15 is 0 Å². The standard InChI is InChI=1S/C19H21N5OS/c1-13-18(26-12-21-13)19(25)23-9-4-5-15(11-23)16-6-3-7-17(22-16)24-10-8-20-14(24)2/h3,6-8,10,12,15H,4-5,9,11H2,1-2H3/t15-/m1/s1. The van der Waals surface area contributed by atoms with Gasteiger partial charge in [-0.1, -0.05) is 6.07 Å². The first-order valence-electron chi connectivity index (χ1n) is 8.80. The third kappa shape index (κ3) is 3.14. The lowest BCUT2D eigenvalue weighted by Crippen LogP contribution is -2.39. The number of nitrogens with zero attached hydrogens (tertiary/aromatic N) is 5. The molecule has 1 fully saturated rings. The van der Waals surface area contributed by atoms with Crippen LogP contribution in [0, 0.1) is 13.8 Å². The molecule has 7 heteroatoms. The van der Waals surface area contributed by atoms with E-state index in [2.05, 4.69) is 16.0 Å². The van der Waals surface area contributed by atoms with Crippen LogP contribution in [0.15, 0.2) is 36.1 Å². The maximum atomic E-state index is 12.8. The van der Waals surface area contributed by atoms with E-state index < -0.39 is 0 Å². The SMILES string of the molecule is Cc1ncsc1C(=O)N1CCC[C@@H](c2cccc(-n3ccnc3C)n2)C1. The molecule has 1 atom stereocenters. The van der Waals surface area contributed by atoms with Crippen molar-refractivity contribution >= 4 is 17.2 Å². The first kappa shape index (κ1) is 16.9. The van der Waals surface area contributed by atoms with Crippen molar-refractivity contribution < 1.29 is 4.79 Å². The Morgan fingerprint density at radius 1 is 1.27 bits per heavy atom. The number of pyridine rings is 1. The fourth-order valence-corrected chi connectivity index (χ4v) is 4.24. The van der Waals surface area contributed by atoms with Gasteiger partial charge in [0.15, 0.2) is 0 Å². The van der Waals surface area contributed by atoms with Gasteiger partial charge >= 0.3 is 0 Å². The Morgan fingerprint density at radius 3 is 2.88 bits per heavy atom. The van der Waals surface area contributed by atoms with Crippen LogP contribution in [0.5, 0.6) is 0 Å². The number of hydrogen-bond donors (Lipinski definition) is 0. The van der Waals surface area contributed by atoms with Gasteiger partial charge in [0.1, 0.15) is 16.5 Å². The first-order chi connectivity index (χ1) is 12.6. The Morgan fingerprint density at radius 2 is 2.15 bits per heavy atom. The molecule has 3 aromatic heterocycles. The molecule has 4 heterocycles. The van der Waals surface area contributed by atoms with Gasteiger partial charge in [-0.3, -0.25) is 9.36 Å². The molecule has 4 rings (SSSR count). The van der Waals surface area contributed by atoms with Crippen LogP contribution >= 0.6 is 11.3 Å². The molecule has 6 nitrogen and oxygen atoms in total. The van der Waals surface area contributed by atoms with Gasteiger partial charge in [-0.15, -0.1) is 11.3 Å². The number of thiazole rings is 1. The molecule has 0 radical (unpaired) electrons. The third-order valence-corrected chi connectivity index (χ3v) is 5.81. The van der Waals surface area contributed by atoms with Gasteiger partial charge in [0.2, 0.25) is 0 Å². The van der Waals surface area contributed by atoms with E-state index in [0.717, 1.165) is 47.3 Å². The Balaban J connectivity index is 1.56. The minimum Gasteiger partial charge on any atom is -0.337 e. The molecule has 0 aliphatic carbocycles. The van der Waals surface area contributed by atoms with Gasteiger partial charge in [0, 0.05) is 37.1 Å². The lowest BCUT2D eigenvalue weighted by Gasteiger charge is -2.32. The summed E-state index contributed by atoms with van der Waals surface area (Å²) in [7, 11) is 0. The summed E-state index contributed by atoms with van der Waals surface area (Å²) in [5.41, 5.74) is 3.59. The van der Waals surface area contributed by atoms with E-state index in [1.165, 1.54) is 11.3 Å². The maximum Gasteiger partial charge on any atom is 0.265 e. The Bertz CT molecular complexity index is 931. The number of carbonyl (C=O) groups is 1. The van der Waals surface area contributed by atoms with Gasteiger partial charge in [-0.2, -0.15) is 0 Å². The average Bonchev–Trinajstić information content (AvgIpc) is 3.29. The van der Waals surface area contributed by atoms with Crippen LogP contribution in [-0.4, -0.2) is 43.4 Å². The van der Waals surface area contributed by atoms with E-state index in [1.54, 1.807) is 11.7 Å². The Kier molecular flexibility index (Phi) is 4.55. The number of rotatable bonds is 3. The molecular weight excluding hydrogens is 346 g/mol. The predicted octanol–water partition coefficient (Wildman–Crippen LogP) is 3.36. The highest BCUT2D eigenvalue weighted by Gasteiger charge is 2.28. The molecule has 134 valence electrons. The lowest BCUT2D eigenvalue weighted by atomic mass is 9.94. The molecule has 1 amide bonds. The summed E-state index contributed by atoms with van der Waals surface area (Å²) in [4.78, 5) is 28.9. The fourth-order valence-electron chi connectivity index (χ4n) is 3.48. The zero-order chi connectivity index (χ0) is 18.1. The highest BCUT2D eigenvalue weighted by Crippen LogP contribution is 2.28. The van der Waals surface area contributed by atoms with E-state index in [1.807, 2.05) is 41.6 Å². The third-order valence-electron chi connectivity index (χ3n) is 4.90. The molecule has 26 heavy (non-hydrogen) atoms. The summed E-state index contributed by atoms with van der Waals surface area (Å²) in [6, 6.07) is 6.09. The minimum atomic E-state index is 0.0938. The Hall–Kier alpha value is -2.54. The molecule has 0 unspecified atom stereocenters. The number of carbonyl (C=O) groups excluding carboxylic acids is 1. The van der Waals surface area contributed by atoms with Crippen molar-refractivity contribution in [2.45, 2.75) is 32.6 Å². The van der Waals surface area contributed by atoms with Crippen molar-refractivity contribution in [1.29, 1.82) is 0 Å². The average molecular weight is 367 g/mol. The highest BCUT2D eigenvalue weighted by atomic mass is 32.1. The van der Waals surface area contributed by atoms with Crippen LogP contribution in [0.4, 0.5) is 0 Å². The minimum absolute atomic E-state index is 0.0938. The Labute approximate surface area is 156 Å². The van der Waals surface area contributed by atoms with Crippen molar-refractivity contribution in [2.24, 2.45) is 0 Å². The molecule has 1 aliphatic rings. The van der Waals surface area contributed by atoms with E-state index in [9.17, 15) is 4.79 Å². The number of aromatic nitrogens is 4. The summed E-state index contributed by atoms with van der Waals surface area (Å²) < 4.78 is 1.98. The van der Waals surface area contributed by atoms with Crippen LogP contribution in [0.1, 0.15) is 45.6 Å². The molecule has 1 aliphatic heterocycles. The van der Waals surface area contributed by atoms with Gasteiger partial charge in [-0.25, -0.2) is 15.0 Å². The lowest BCUT2D eigenvalue weighted by molar-refractivity contribution is 0.0710. The van der Waals surface area contributed by atoms with Crippen molar-refractivity contribution in [3.63, 3.8) is 0 Å². The molecule has 1 saturated heterocycles. The van der Waals surface area contributed by atoms with Crippen LogP contribution in [0.25, 0.3) is 5.82 Å². The topological polar surface area (TPSA) is 63.9 Å². The van der Waals surface area contributed by atoms with E-state index in [0.29, 0.717) is 6.54 Å². The van der Waals surface area contributed by atoms with Crippen LogP contribution in [-0.2, 0) is 0 Å². The number of piperidine rings is 1. The normalized spacial score (nSPS) is 17.5. The second kappa shape index (κ2) is 6.99. The number of imidazole rings is 1. The van der Waals surface area contributed by atoms with Crippen LogP contribution < -0.4 is 0 Å². The zero-order valence-corrected chi connectivity index (χ0v) is 15.7. The molecule has 0 aromatic carbocycles. The van der Waals surface area contributed by atoms with E-state index in [4.69, 9.17) is 4.98 Å².